The van der Waals surface area contributed by atoms with Crippen molar-refractivity contribution in [2.45, 2.75) is 19.4 Å². The molecule has 0 aliphatic carbocycles. The Labute approximate surface area is 129 Å². The molecule has 1 rings (SSSR count). The molecule has 0 aromatic heterocycles. The number of methoxy groups -OCH3 is 1. The largest absolute Gasteiger partial charge is 0.383 e. The molecule has 110 valence electrons. The van der Waals surface area contributed by atoms with Crippen LogP contribution < -0.4 is 10.2 Å². The van der Waals surface area contributed by atoms with E-state index in [0.717, 1.165) is 16.7 Å². The normalized spacial score (nSPS) is 11.9. The van der Waals surface area contributed by atoms with Gasteiger partial charge in [0.05, 0.1) is 19.1 Å². The van der Waals surface area contributed by atoms with Crippen molar-refractivity contribution in [1.29, 1.82) is 5.26 Å². The lowest BCUT2D eigenvalue weighted by Crippen LogP contribution is -2.28. The van der Waals surface area contributed by atoms with Crippen molar-refractivity contribution >= 4 is 21.6 Å². The summed E-state index contributed by atoms with van der Waals surface area (Å²) in [5.41, 5.74) is 2.33. The Morgan fingerprint density at radius 3 is 2.75 bits per heavy atom. The van der Waals surface area contributed by atoms with Crippen LogP contribution in [-0.2, 0) is 4.74 Å². The second-order valence-electron chi connectivity index (χ2n) is 4.60. The first-order valence-electron chi connectivity index (χ1n) is 6.71. The Bertz CT molecular complexity index is 459. The highest BCUT2D eigenvalue weighted by atomic mass is 79.9. The number of benzene rings is 1. The van der Waals surface area contributed by atoms with Crippen molar-refractivity contribution in [3.05, 3.63) is 28.2 Å². The van der Waals surface area contributed by atoms with Crippen molar-refractivity contribution in [3.8, 4) is 6.07 Å². The van der Waals surface area contributed by atoms with Crippen LogP contribution in [0.3, 0.4) is 0 Å². The summed E-state index contributed by atoms with van der Waals surface area (Å²) < 4.78 is 6.22. The first kappa shape index (κ1) is 17.0. The molecule has 0 fully saturated rings. The van der Waals surface area contributed by atoms with Crippen LogP contribution in [0.5, 0.6) is 0 Å². The Morgan fingerprint density at radius 2 is 2.20 bits per heavy atom. The average molecular weight is 340 g/mol. The molecule has 0 aliphatic heterocycles. The minimum absolute atomic E-state index is 0.296. The third kappa shape index (κ3) is 4.78. The van der Waals surface area contributed by atoms with Crippen LogP contribution in [0.2, 0.25) is 0 Å². The Morgan fingerprint density at radius 1 is 1.45 bits per heavy atom. The van der Waals surface area contributed by atoms with Gasteiger partial charge >= 0.3 is 0 Å². The molecule has 1 aromatic carbocycles. The molecule has 0 bridgehead atoms. The molecule has 0 saturated heterocycles. The van der Waals surface area contributed by atoms with Gasteiger partial charge in [-0.1, -0.05) is 22.0 Å². The molecule has 1 unspecified atom stereocenters. The minimum atomic E-state index is 0.296. The summed E-state index contributed by atoms with van der Waals surface area (Å²) >= 11 is 3.63. The molecule has 0 amide bonds. The van der Waals surface area contributed by atoms with Gasteiger partial charge in [0.1, 0.15) is 0 Å². The van der Waals surface area contributed by atoms with Gasteiger partial charge in [0.25, 0.3) is 0 Å². The van der Waals surface area contributed by atoms with E-state index in [0.29, 0.717) is 25.6 Å². The Balaban J connectivity index is 2.90. The van der Waals surface area contributed by atoms with E-state index in [9.17, 15) is 0 Å². The highest BCUT2D eigenvalue weighted by Gasteiger charge is 2.11. The van der Waals surface area contributed by atoms with E-state index >= 15 is 0 Å². The minimum Gasteiger partial charge on any atom is -0.383 e. The van der Waals surface area contributed by atoms with Crippen LogP contribution in [0.25, 0.3) is 0 Å². The van der Waals surface area contributed by atoms with Gasteiger partial charge in [-0.3, -0.25) is 0 Å². The Hall–Kier alpha value is -1.09. The molecule has 1 aromatic rings. The first-order chi connectivity index (χ1) is 9.63. The zero-order valence-corrected chi connectivity index (χ0v) is 13.9. The number of anilines is 1. The summed E-state index contributed by atoms with van der Waals surface area (Å²) in [6.45, 7) is 4.27. The van der Waals surface area contributed by atoms with Crippen molar-refractivity contribution in [2.75, 3.05) is 38.8 Å². The van der Waals surface area contributed by atoms with Gasteiger partial charge in [-0.2, -0.15) is 5.26 Å². The third-order valence-electron chi connectivity index (χ3n) is 3.31. The highest BCUT2D eigenvalue weighted by Crippen LogP contribution is 2.28. The molecule has 5 heteroatoms. The molecule has 1 N–H and O–H groups in total. The second-order valence-corrected chi connectivity index (χ2v) is 5.46. The number of halogens is 1. The maximum atomic E-state index is 8.77. The summed E-state index contributed by atoms with van der Waals surface area (Å²) in [5.74, 6) is 0. The fraction of sp³-hybridized carbons (Fsp3) is 0.533. The van der Waals surface area contributed by atoms with E-state index in [1.807, 2.05) is 7.05 Å². The third-order valence-corrected chi connectivity index (χ3v) is 3.99. The number of nitrogens with zero attached hydrogens (tertiary/aromatic N) is 2. The summed E-state index contributed by atoms with van der Waals surface area (Å²) in [7, 11) is 3.64. The molecule has 4 nitrogen and oxygen atoms in total. The molecular weight excluding hydrogens is 318 g/mol. The molecule has 0 saturated carbocycles. The van der Waals surface area contributed by atoms with Crippen LogP contribution in [0, 0.1) is 11.3 Å². The molecule has 0 spiro atoms. The van der Waals surface area contributed by atoms with Gasteiger partial charge in [0.2, 0.25) is 0 Å². The number of ether oxygens (including phenoxy) is 1. The van der Waals surface area contributed by atoms with E-state index < -0.39 is 0 Å². The van der Waals surface area contributed by atoms with Crippen LogP contribution in [0.15, 0.2) is 22.7 Å². The summed E-state index contributed by atoms with van der Waals surface area (Å²) in [6, 6.07) is 8.81. The van der Waals surface area contributed by atoms with Gasteiger partial charge < -0.3 is 15.0 Å². The van der Waals surface area contributed by atoms with Crippen molar-refractivity contribution in [2.24, 2.45) is 0 Å². The number of hydrogen-bond donors (Lipinski definition) is 1. The maximum absolute atomic E-state index is 8.77. The van der Waals surface area contributed by atoms with E-state index in [-0.39, 0.29) is 0 Å². The average Bonchev–Trinajstić information content (AvgIpc) is 2.46. The predicted molar refractivity (Wildman–Crippen MR) is 85.9 cm³/mol. The number of rotatable bonds is 8. The molecule has 0 radical (unpaired) electrons. The van der Waals surface area contributed by atoms with E-state index in [1.165, 1.54) is 5.56 Å². The molecule has 1 atom stereocenters. The van der Waals surface area contributed by atoms with Gasteiger partial charge in [0, 0.05) is 36.4 Å². The predicted octanol–water partition coefficient (Wildman–Crippen LogP) is 3.10. The van der Waals surface area contributed by atoms with E-state index in [4.69, 9.17) is 10.00 Å². The van der Waals surface area contributed by atoms with Crippen LogP contribution >= 0.6 is 15.9 Å². The maximum Gasteiger partial charge on any atom is 0.0640 e. The number of nitrogens with one attached hydrogen (secondary N) is 1. The smallest absolute Gasteiger partial charge is 0.0640 e. The van der Waals surface area contributed by atoms with Gasteiger partial charge in [-0.05, 0) is 31.7 Å². The lowest BCUT2D eigenvalue weighted by molar-refractivity contribution is 0.205. The van der Waals surface area contributed by atoms with Gasteiger partial charge in [-0.25, -0.2) is 0 Å². The van der Waals surface area contributed by atoms with Crippen molar-refractivity contribution < 1.29 is 4.74 Å². The molecular formula is C15H22BrN3O. The van der Waals surface area contributed by atoms with Crippen LogP contribution in [0.1, 0.15) is 24.9 Å². The highest BCUT2D eigenvalue weighted by molar-refractivity contribution is 9.10. The van der Waals surface area contributed by atoms with E-state index in [2.05, 4.69) is 57.3 Å². The summed E-state index contributed by atoms with van der Waals surface area (Å²) in [6.07, 6.45) is 0.510. The number of hydrogen-bond acceptors (Lipinski definition) is 4. The SMILES string of the molecule is CNC(C)c1ccc(N(CCC#N)CCOC)cc1Br. The number of nitriles is 1. The lowest BCUT2D eigenvalue weighted by Gasteiger charge is -2.25. The fourth-order valence-corrected chi connectivity index (χ4v) is 2.69. The standard InChI is InChI=1S/C15H22BrN3O/c1-12(18-2)14-6-5-13(11-15(14)16)19(8-4-7-17)9-10-20-3/h5-6,11-12,18H,4,8-10H2,1-3H3. The zero-order valence-electron chi connectivity index (χ0n) is 12.3. The van der Waals surface area contributed by atoms with Crippen molar-refractivity contribution in [3.63, 3.8) is 0 Å². The molecule has 0 heterocycles. The Kier molecular flexibility index (Phi) is 7.60. The fourth-order valence-electron chi connectivity index (χ4n) is 1.98. The quantitative estimate of drug-likeness (QED) is 0.790. The summed E-state index contributed by atoms with van der Waals surface area (Å²) in [5, 5.41) is 12.0. The topological polar surface area (TPSA) is 48.3 Å². The first-order valence-corrected chi connectivity index (χ1v) is 7.50. The van der Waals surface area contributed by atoms with Crippen LogP contribution in [0.4, 0.5) is 5.69 Å². The van der Waals surface area contributed by atoms with E-state index in [1.54, 1.807) is 7.11 Å². The van der Waals surface area contributed by atoms with Crippen molar-refractivity contribution in [1.82, 2.24) is 5.32 Å². The second kappa shape index (κ2) is 8.96. The molecule has 0 aliphatic rings. The van der Waals surface area contributed by atoms with Gasteiger partial charge in [-0.15, -0.1) is 0 Å². The zero-order chi connectivity index (χ0) is 15.0. The lowest BCUT2D eigenvalue weighted by atomic mass is 10.1. The summed E-state index contributed by atoms with van der Waals surface area (Å²) in [4.78, 5) is 2.17. The monoisotopic (exact) mass is 339 g/mol. The molecule has 20 heavy (non-hydrogen) atoms. The van der Waals surface area contributed by atoms with Gasteiger partial charge in [0.15, 0.2) is 0 Å². The van der Waals surface area contributed by atoms with Crippen LogP contribution in [-0.4, -0.2) is 33.9 Å².